The molecular weight excluding hydrogens is 210 g/mol. The number of aryl methyl sites for hydroxylation is 2. The highest BCUT2D eigenvalue weighted by molar-refractivity contribution is 5.72. The number of hydrogen-bond donors (Lipinski definition) is 0. The summed E-state index contributed by atoms with van der Waals surface area (Å²) in [5.41, 5.74) is 5.50. The number of pyridine rings is 1. The fourth-order valence-electron chi connectivity index (χ4n) is 1.91. The van der Waals surface area contributed by atoms with Gasteiger partial charge in [0.1, 0.15) is 11.8 Å². The van der Waals surface area contributed by atoms with E-state index in [1.807, 2.05) is 23.0 Å². The predicted octanol–water partition coefficient (Wildman–Crippen LogP) is 3.04. The van der Waals surface area contributed by atoms with E-state index in [-0.39, 0.29) is 0 Å². The molecule has 84 valence electrons. The summed E-state index contributed by atoms with van der Waals surface area (Å²) in [5.74, 6) is 0. The fraction of sp³-hybridized carbons (Fsp3) is 0.143. The average molecular weight is 223 g/mol. The van der Waals surface area contributed by atoms with Crippen molar-refractivity contribution in [3.05, 3.63) is 54.0 Å². The predicted molar refractivity (Wildman–Crippen MR) is 68.3 cm³/mol. The second-order valence-electron chi connectivity index (χ2n) is 4.23. The van der Waals surface area contributed by atoms with Crippen LogP contribution in [0, 0.1) is 13.8 Å². The third-order valence-corrected chi connectivity index (χ3v) is 3.08. The highest BCUT2D eigenvalue weighted by Gasteiger charge is 2.05. The highest BCUT2D eigenvalue weighted by Crippen LogP contribution is 2.18. The molecule has 1 aromatic carbocycles. The van der Waals surface area contributed by atoms with Gasteiger partial charge in [-0.25, -0.2) is 9.97 Å². The van der Waals surface area contributed by atoms with Gasteiger partial charge >= 0.3 is 0 Å². The third kappa shape index (κ3) is 1.60. The minimum Gasteiger partial charge on any atom is -0.283 e. The lowest BCUT2D eigenvalue weighted by atomic mass is 10.1. The Kier molecular flexibility index (Phi) is 2.18. The molecule has 0 bridgehead atoms. The van der Waals surface area contributed by atoms with Gasteiger partial charge in [-0.2, -0.15) is 0 Å². The van der Waals surface area contributed by atoms with E-state index >= 15 is 0 Å². The van der Waals surface area contributed by atoms with E-state index in [1.54, 1.807) is 6.20 Å². The van der Waals surface area contributed by atoms with Gasteiger partial charge in [0.05, 0.1) is 0 Å². The number of imidazole rings is 1. The van der Waals surface area contributed by atoms with Crippen molar-refractivity contribution >= 4 is 11.2 Å². The molecule has 0 aliphatic heterocycles. The van der Waals surface area contributed by atoms with Crippen LogP contribution in [0.1, 0.15) is 11.1 Å². The normalized spacial score (nSPS) is 10.9. The van der Waals surface area contributed by atoms with Crippen molar-refractivity contribution in [2.75, 3.05) is 0 Å². The molecular formula is C14H13N3. The van der Waals surface area contributed by atoms with Crippen LogP contribution < -0.4 is 0 Å². The molecule has 0 atom stereocenters. The molecule has 0 saturated heterocycles. The van der Waals surface area contributed by atoms with Gasteiger partial charge in [-0.1, -0.05) is 6.07 Å². The van der Waals surface area contributed by atoms with E-state index in [1.165, 1.54) is 11.1 Å². The Morgan fingerprint density at radius 1 is 1.00 bits per heavy atom. The van der Waals surface area contributed by atoms with Crippen molar-refractivity contribution in [1.82, 2.24) is 14.5 Å². The quantitative estimate of drug-likeness (QED) is 0.634. The van der Waals surface area contributed by atoms with Crippen molar-refractivity contribution in [3.8, 4) is 5.69 Å². The van der Waals surface area contributed by atoms with Crippen molar-refractivity contribution in [2.45, 2.75) is 13.8 Å². The molecule has 2 heterocycles. The minimum absolute atomic E-state index is 0.899. The molecule has 0 spiro atoms. The molecule has 3 rings (SSSR count). The molecule has 0 saturated carbocycles. The summed E-state index contributed by atoms with van der Waals surface area (Å²) in [6, 6.07) is 10.3. The van der Waals surface area contributed by atoms with Gasteiger partial charge in [0.15, 0.2) is 5.65 Å². The van der Waals surface area contributed by atoms with E-state index in [9.17, 15) is 0 Å². The Morgan fingerprint density at radius 2 is 1.88 bits per heavy atom. The van der Waals surface area contributed by atoms with E-state index in [0.717, 1.165) is 16.9 Å². The minimum atomic E-state index is 0.899. The van der Waals surface area contributed by atoms with Crippen molar-refractivity contribution in [2.24, 2.45) is 0 Å². The van der Waals surface area contributed by atoms with Gasteiger partial charge in [0, 0.05) is 11.9 Å². The molecule has 2 aromatic heterocycles. The molecule has 3 nitrogen and oxygen atoms in total. The summed E-state index contributed by atoms with van der Waals surface area (Å²) in [4.78, 5) is 8.72. The Morgan fingerprint density at radius 3 is 2.71 bits per heavy atom. The first kappa shape index (κ1) is 10.0. The second kappa shape index (κ2) is 3.70. The zero-order valence-corrected chi connectivity index (χ0v) is 9.88. The summed E-state index contributed by atoms with van der Waals surface area (Å²) >= 11 is 0. The third-order valence-electron chi connectivity index (χ3n) is 3.08. The van der Waals surface area contributed by atoms with Crippen LogP contribution >= 0.6 is 0 Å². The monoisotopic (exact) mass is 223 g/mol. The maximum Gasteiger partial charge on any atom is 0.164 e. The standard InChI is InChI=1S/C14H13N3/c1-10-5-6-12(8-11(10)2)17-9-16-13-4-3-7-15-14(13)17/h3-9H,1-2H3. The summed E-state index contributed by atoms with van der Waals surface area (Å²) in [6.07, 6.45) is 3.61. The fourth-order valence-corrected chi connectivity index (χ4v) is 1.91. The Balaban J connectivity index is 2.24. The van der Waals surface area contributed by atoms with Crippen LogP contribution in [0.2, 0.25) is 0 Å². The molecule has 0 fully saturated rings. The zero-order valence-electron chi connectivity index (χ0n) is 9.88. The van der Waals surface area contributed by atoms with Crippen LogP contribution in [0.5, 0.6) is 0 Å². The maximum absolute atomic E-state index is 4.37. The Hall–Kier alpha value is -2.16. The van der Waals surface area contributed by atoms with E-state index < -0.39 is 0 Å². The van der Waals surface area contributed by atoms with Crippen LogP contribution in [0.3, 0.4) is 0 Å². The first-order valence-electron chi connectivity index (χ1n) is 5.61. The van der Waals surface area contributed by atoms with Crippen LogP contribution in [0.4, 0.5) is 0 Å². The number of hydrogen-bond acceptors (Lipinski definition) is 2. The van der Waals surface area contributed by atoms with Crippen LogP contribution in [-0.4, -0.2) is 14.5 Å². The van der Waals surface area contributed by atoms with Gasteiger partial charge < -0.3 is 0 Å². The lowest BCUT2D eigenvalue weighted by Gasteiger charge is -2.06. The molecule has 0 N–H and O–H groups in total. The topological polar surface area (TPSA) is 30.7 Å². The van der Waals surface area contributed by atoms with Crippen LogP contribution in [0.15, 0.2) is 42.9 Å². The average Bonchev–Trinajstić information content (AvgIpc) is 2.76. The molecule has 3 heteroatoms. The largest absolute Gasteiger partial charge is 0.283 e. The number of fused-ring (bicyclic) bond motifs is 1. The number of benzene rings is 1. The Bertz CT molecular complexity index is 683. The first-order chi connectivity index (χ1) is 8.25. The van der Waals surface area contributed by atoms with Gasteiger partial charge in [-0.3, -0.25) is 4.57 Å². The van der Waals surface area contributed by atoms with Crippen LogP contribution in [-0.2, 0) is 0 Å². The van der Waals surface area contributed by atoms with Crippen molar-refractivity contribution in [3.63, 3.8) is 0 Å². The molecule has 3 aromatic rings. The van der Waals surface area contributed by atoms with Crippen molar-refractivity contribution in [1.29, 1.82) is 0 Å². The number of aromatic nitrogens is 3. The van der Waals surface area contributed by atoms with Crippen LogP contribution in [0.25, 0.3) is 16.9 Å². The van der Waals surface area contributed by atoms with Gasteiger partial charge in [0.2, 0.25) is 0 Å². The van der Waals surface area contributed by atoms with E-state index in [4.69, 9.17) is 0 Å². The maximum atomic E-state index is 4.37. The molecule has 0 aliphatic rings. The zero-order chi connectivity index (χ0) is 11.8. The second-order valence-corrected chi connectivity index (χ2v) is 4.23. The molecule has 0 radical (unpaired) electrons. The summed E-state index contributed by atoms with van der Waals surface area (Å²) < 4.78 is 2.02. The lowest BCUT2D eigenvalue weighted by molar-refractivity contribution is 1.06. The van der Waals surface area contributed by atoms with E-state index in [0.29, 0.717) is 0 Å². The molecule has 0 aliphatic carbocycles. The van der Waals surface area contributed by atoms with Gasteiger partial charge in [0.25, 0.3) is 0 Å². The SMILES string of the molecule is Cc1ccc(-n2cnc3cccnc32)cc1C. The summed E-state index contributed by atoms with van der Waals surface area (Å²) in [7, 11) is 0. The Labute approximate surface area is 99.8 Å². The molecule has 0 amide bonds. The summed E-state index contributed by atoms with van der Waals surface area (Å²) in [5, 5.41) is 0. The molecule has 0 unspecified atom stereocenters. The number of rotatable bonds is 1. The number of nitrogens with zero attached hydrogens (tertiary/aromatic N) is 3. The van der Waals surface area contributed by atoms with Gasteiger partial charge in [-0.05, 0) is 49.2 Å². The van der Waals surface area contributed by atoms with Gasteiger partial charge in [-0.15, -0.1) is 0 Å². The molecule has 17 heavy (non-hydrogen) atoms. The lowest BCUT2D eigenvalue weighted by Crippen LogP contribution is -1.94. The smallest absolute Gasteiger partial charge is 0.164 e. The van der Waals surface area contributed by atoms with Crippen molar-refractivity contribution < 1.29 is 0 Å². The highest BCUT2D eigenvalue weighted by atomic mass is 15.1. The first-order valence-corrected chi connectivity index (χ1v) is 5.61. The van der Waals surface area contributed by atoms with E-state index in [2.05, 4.69) is 42.0 Å². The summed E-state index contributed by atoms with van der Waals surface area (Å²) in [6.45, 7) is 4.23.